The zero-order valence-electron chi connectivity index (χ0n) is 15.8. The number of azo groups is 1. The van der Waals surface area contributed by atoms with Gasteiger partial charge >= 0.3 is 23.9 Å². The van der Waals surface area contributed by atoms with Gasteiger partial charge in [0.15, 0.2) is 40.5 Å². The van der Waals surface area contributed by atoms with E-state index in [1.165, 1.54) is 0 Å². The maximum absolute atomic E-state index is 14.3. The Balaban J connectivity index is 2.96. The van der Waals surface area contributed by atoms with Crippen LogP contribution in [-0.2, 0) is 5.92 Å². The maximum atomic E-state index is 14.3. The summed E-state index contributed by atoms with van der Waals surface area (Å²) in [5, 5.41) is 22.7. The molecule has 0 amide bonds. The highest BCUT2D eigenvalue weighted by molar-refractivity contribution is 5.62. The third kappa shape index (κ3) is 3.91. The van der Waals surface area contributed by atoms with Crippen LogP contribution in [-0.4, -0.2) is 28.2 Å². The first-order chi connectivity index (χ1) is 16.1. The topological polar surface area (TPSA) is 65.2 Å². The third-order valence-electron chi connectivity index (χ3n) is 4.20. The van der Waals surface area contributed by atoms with Crippen molar-refractivity contribution in [3.8, 4) is 11.5 Å². The Kier molecular flexibility index (Phi) is 6.85. The predicted molar refractivity (Wildman–Crippen MR) is 79.9 cm³/mol. The molecule has 0 saturated heterocycles. The van der Waals surface area contributed by atoms with Crippen molar-refractivity contribution in [2.24, 2.45) is 10.2 Å². The van der Waals surface area contributed by atoms with Crippen molar-refractivity contribution in [2.75, 3.05) is 0 Å². The van der Waals surface area contributed by atoms with Crippen LogP contribution in [0, 0.1) is 40.7 Å². The normalized spacial score (nSPS) is 13.7. The molecule has 36 heavy (non-hydrogen) atoms. The zero-order chi connectivity index (χ0) is 28.3. The lowest BCUT2D eigenvalue weighted by Crippen LogP contribution is -2.59. The summed E-state index contributed by atoms with van der Waals surface area (Å²) in [6.45, 7) is 0. The van der Waals surface area contributed by atoms with Crippen molar-refractivity contribution in [1.29, 1.82) is 0 Å². The highest BCUT2D eigenvalue weighted by Crippen LogP contribution is 2.59. The van der Waals surface area contributed by atoms with Gasteiger partial charge in [-0.3, -0.25) is 0 Å². The quantitative estimate of drug-likeness (QED) is 0.174. The second-order valence-corrected chi connectivity index (χ2v) is 6.39. The van der Waals surface area contributed by atoms with E-state index in [4.69, 9.17) is 0 Å². The molecule has 0 atom stereocenters. The average molecular weight is 558 g/mol. The number of benzene rings is 2. The van der Waals surface area contributed by atoms with Crippen LogP contribution in [0.3, 0.4) is 0 Å². The number of aromatic hydroxyl groups is 2. The molecule has 0 aliphatic carbocycles. The van der Waals surface area contributed by atoms with Crippen molar-refractivity contribution in [1.82, 2.24) is 0 Å². The zero-order valence-corrected chi connectivity index (χ0v) is 15.8. The molecule has 0 radical (unpaired) electrons. The first-order valence-electron chi connectivity index (χ1n) is 8.12. The van der Waals surface area contributed by atoms with E-state index in [1.54, 1.807) is 0 Å². The summed E-state index contributed by atoms with van der Waals surface area (Å²) in [6, 6.07) is 0. The van der Waals surface area contributed by atoms with Crippen LogP contribution in [0.25, 0.3) is 0 Å². The lowest BCUT2D eigenvalue weighted by molar-refractivity contribution is -0.399. The van der Waals surface area contributed by atoms with E-state index in [-0.39, 0.29) is 0 Å². The van der Waals surface area contributed by atoms with Gasteiger partial charge in [-0.05, 0) is 0 Å². The molecular weight excluding hydrogens is 556 g/mol. The Morgan fingerprint density at radius 2 is 0.806 bits per heavy atom. The summed E-state index contributed by atoms with van der Waals surface area (Å²) < 4.78 is 214. The minimum atomic E-state index is -7.75. The highest BCUT2D eigenvalue weighted by atomic mass is 19.4. The van der Waals surface area contributed by atoms with Crippen molar-refractivity contribution in [3.63, 3.8) is 0 Å². The Morgan fingerprint density at radius 1 is 0.444 bits per heavy atom. The molecule has 0 heterocycles. The van der Waals surface area contributed by atoms with Gasteiger partial charge in [0.2, 0.25) is 17.5 Å². The Bertz CT molecular complexity index is 1230. The number of phenolic OH excluding ortho intramolecular Hbond substituents is 2. The van der Waals surface area contributed by atoms with Gasteiger partial charge in [0.1, 0.15) is 5.69 Å². The highest BCUT2D eigenvalue weighted by Gasteiger charge is 2.82. The van der Waals surface area contributed by atoms with E-state index in [1.807, 2.05) is 5.11 Å². The van der Waals surface area contributed by atoms with Crippen molar-refractivity contribution < 1.29 is 80.5 Å². The molecule has 200 valence electrons. The summed E-state index contributed by atoms with van der Waals surface area (Å²) >= 11 is 0. The molecule has 0 spiro atoms. The third-order valence-corrected chi connectivity index (χ3v) is 4.20. The van der Waals surface area contributed by atoms with Gasteiger partial charge in [-0.2, -0.15) is 48.3 Å². The predicted octanol–water partition coefficient (Wildman–Crippen LogP) is 7.41. The molecule has 20 heteroatoms. The maximum Gasteiger partial charge on any atom is 0.460 e. The van der Waals surface area contributed by atoms with Crippen molar-refractivity contribution in [3.05, 3.63) is 46.3 Å². The van der Waals surface area contributed by atoms with Crippen LogP contribution in [0.4, 0.5) is 81.6 Å². The fourth-order valence-electron chi connectivity index (χ4n) is 2.35. The van der Waals surface area contributed by atoms with Gasteiger partial charge in [0.25, 0.3) is 0 Å². The number of hydrogen-bond donors (Lipinski definition) is 2. The minimum absolute atomic E-state index is 2.03. The van der Waals surface area contributed by atoms with E-state index in [0.29, 0.717) is 0 Å². The van der Waals surface area contributed by atoms with E-state index in [0.717, 1.165) is 0 Å². The number of halogens is 16. The molecule has 2 aromatic rings. The molecule has 2 aromatic carbocycles. The van der Waals surface area contributed by atoms with Crippen molar-refractivity contribution >= 4 is 11.4 Å². The Hall–Kier alpha value is -3.48. The lowest BCUT2D eigenvalue weighted by atomic mass is 9.94. The van der Waals surface area contributed by atoms with Gasteiger partial charge in [0.05, 0.1) is 5.56 Å². The number of alkyl halides is 9. The number of rotatable bonds is 5. The van der Waals surface area contributed by atoms with Gasteiger partial charge < -0.3 is 10.2 Å². The first-order valence-corrected chi connectivity index (χ1v) is 8.12. The Morgan fingerprint density at radius 3 is 1.25 bits per heavy atom. The molecule has 0 saturated carbocycles. The Labute approximate surface area is 185 Å². The number of phenols is 2. The fourth-order valence-corrected chi connectivity index (χ4v) is 2.35. The fraction of sp³-hybridized carbons (Fsp3) is 0.250. The monoisotopic (exact) mass is 558 g/mol. The summed E-state index contributed by atoms with van der Waals surface area (Å²) in [6.07, 6.45) is -7.48. The molecule has 2 rings (SSSR count). The van der Waals surface area contributed by atoms with Crippen LogP contribution in [0.5, 0.6) is 11.5 Å². The molecule has 0 unspecified atom stereocenters. The smallest absolute Gasteiger partial charge is 0.460 e. The van der Waals surface area contributed by atoms with Crippen LogP contribution >= 0.6 is 0 Å². The molecule has 0 fully saturated rings. The van der Waals surface area contributed by atoms with Gasteiger partial charge in [-0.25, -0.2) is 22.0 Å². The molecule has 0 bridgehead atoms. The summed E-state index contributed by atoms with van der Waals surface area (Å²) in [5.41, 5.74) is -8.95. The summed E-state index contributed by atoms with van der Waals surface area (Å²) in [5.74, 6) is -48.9. The second-order valence-electron chi connectivity index (χ2n) is 6.39. The van der Waals surface area contributed by atoms with E-state index in [2.05, 4.69) is 5.11 Å². The van der Waals surface area contributed by atoms with Gasteiger partial charge in [0, 0.05) is 0 Å². The van der Waals surface area contributed by atoms with Gasteiger partial charge in [-0.15, -0.1) is 10.2 Å². The number of nitrogens with zero attached hydrogens (tertiary/aromatic N) is 2. The van der Waals surface area contributed by atoms with Crippen LogP contribution in [0.2, 0.25) is 0 Å². The SMILES string of the molecule is Oc1c(F)c(F)c(F)c(F)c1N=Nc1c(O)c(F)c(F)c(F)c1C(F)(F)C(F)(F)C(F)(F)C(F)(F)F. The minimum Gasteiger partial charge on any atom is -0.503 e. The van der Waals surface area contributed by atoms with Crippen LogP contribution in [0.15, 0.2) is 10.2 Å². The van der Waals surface area contributed by atoms with E-state index >= 15 is 0 Å². The number of hydrogen-bond acceptors (Lipinski definition) is 4. The molecular formula is C16H2F16N2O2. The molecule has 4 nitrogen and oxygen atoms in total. The molecule has 2 N–H and O–H groups in total. The average Bonchev–Trinajstić information content (AvgIpc) is 2.76. The molecule has 0 aliphatic heterocycles. The largest absolute Gasteiger partial charge is 0.503 e. The van der Waals surface area contributed by atoms with Crippen LogP contribution in [0.1, 0.15) is 5.56 Å². The summed E-state index contributed by atoms with van der Waals surface area (Å²) in [4.78, 5) is 0. The second kappa shape index (κ2) is 8.57. The summed E-state index contributed by atoms with van der Waals surface area (Å²) in [7, 11) is 0. The molecule has 0 aliphatic rings. The van der Waals surface area contributed by atoms with Gasteiger partial charge in [-0.1, -0.05) is 0 Å². The van der Waals surface area contributed by atoms with Crippen LogP contribution < -0.4 is 0 Å². The van der Waals surface area contributed by atoms with E-state index in [9.17, 15) is 80.5 Å². The first kappa shape index (κ1) is 28.8. The molecule has 0 aromatic heterocycles. The standard InChI is InChI=1S/C16H2F16N2O2/c17-2-1(13(24,25)14(26,27)15(28,29)16(30,31)32)9(11(35)7(22)3(2)18)33-34-10-6(21)4(19)5(20)8(23)12(10)36/h35-36H. The van der Waals surface area contributed by atoms with Crippen molar-refractivity contribution in [2.45, 2.75) is 23.9 Å². The van der Waals surface area contributed by atoms with E-state index < -0.39 is 93.1 Å². The lowest BCUT2D eigenvalue weighted by Gasteiger charge is -2.34.